The zero-order valence-corrected chi connectivity index (χ0v) is 9.12. The summed E-state index contributed by atoms with van der Waals surface area (Å²) in [5.41, 5.74) is 5.71. The van der Waals surface area contributed by atoms with Gasteiger partial charge in [-0.15, -0.1) is 5.10 Å². The highest BCUT2D eigenvalue weighted by Crippen LogP contribution is 2.07. The first kappa shape index (κ1) is 10.8. The number of hydrogen-bond acceptors (Lipinski definition) is 4. The Kier molecular flexibility index (Phi) is 3.73. The normalized spacial score (nSPS) is 10.9. The van der Waals surface area contributed by atoms with Gasteiger partial charge in [0.05, 0.1) is 0 Å². The van der Waals surface area contributed by atoms with Crippen LogP contribution >= 0.6 is 0 Å². The molecule has 0 unspecified atom stereocenters. The molecule has 3 N–H and O–H groups in total. The van der Waals surface area contributed by atoms with E-state index in [0.717, 1.165) is 19.4 Å². The number of aryl methyl sites for hydroxylation is 1. The molecule has 0 aliphatic heterocycles. The number of anilines is 2. The standard InChI is InChI=1S/C9H19N5/c1-4-5-6-14-8(10)12-9(13-14)11-7(2)3/h7H,4-6H2,1-3H3,(H3,10,11,12,13). The minimum atomic E-state index is 0.330. The lowest BCUT2D eigenvalue weighted by atomic mass is 10.3. The summed E-state index contributed by atoms with van der Waals surface area (Å²) < 4.78 is 1.74. The van der Waals surface area contributed by atoms with Gasteiger partial charge in [0.2, 0.25) is 11.9 Å². The van der Waals surface area contributed by atoms with Gasteiger partial charge in [-0.1, -0.05) is 13.3 Å². The molecular formula is C9H19N5. The van der Waals surface area contributed by atoms with Crippen LogP contribution in [0.5, 0.6) is 0 Å². The van der Waals surface area contributed by atoms with Crippen molar-refractivity contribution in [2.75, 3.05) is 11.1 Å². The summed E-state index contributed by atoms with van der Waals surface area (Å²) in [6, 6.07) is 0.330. The van der Waals surface area contributed by atoms with Gasteiger partial charge in [-0.2, -0.15) is 4.98 Å². The highest BCUT2D eigenvalue weighted by molar-refractivity contribution is 5.31. The average Bonchev–Trinajstić information content (AvgIpc) is 2.41. The minimum absolute atomic E-state index is 0.330. The van der Waals surface area contributed by atoms with Crippen LogP contribution in [0, 0.1) is 0 Å². The van der Waals surface area contributed by atoms with Crippen LogP contribution in [0.4, 0.5) is 11.9 Å². The maximum Gasteiger partial charge on any atom is 0.244 e. The Morgan fingerprint density at radius 1 is 1.50 bits per heavy atom. The van der Waals surface area contributed by atoms with Gasteiger partial charge in [-0.05, 0) is 20.3 Å². The summed E-state index contributed by atoms with van der Waals surface area (Å²) in [5, 5.41) is 7.38. The van der Waals surface area contributed by atoms with E-state index >= 15 is 0 Å². The molecule has 0 bridgehead atoms. The lowest BCUT2D eigenvalue weighted by Crippen LogP contribution is -2.11. The lowest BCUT2D eigenvalue weighted by Gasteiger charge is -2.03. The molecule has 0 aliphatic rings. The van der Waals surface area contributed by atoms with E-state index < -0.39 is 0 Å². The Morgan fingerprint density at radius 3 is 2.79 bits per heavy atom. The first-order valence-electron chi connectivity index (χ1n) is 5.10. The second-order valence-electron chi connectivity index (χ2n) is 3.67. The summed E-state index contributed by atoms with van der Waals surface area (Å²) in [4.78, 5) is 4.12. The first-order valence-corrected chi connectivity index (χ1v) is 5.10. The second-order valence-corrected chi connectivity index (χ2v) is 3.67. The molecule has 14 heavy (non-hydrogen) atoms. The second kappa shape index (κ2) is 4.83. The Morgan fingerprint density at radius 2 is 2.21 bits per heavy atom. The fourth-order valence-corrected chi connectivity index (χ4v) is 1.15. The number of hydrogen-bond donors (Lipinski definition) is 2. The number of rotatable bonds is 5. The van der Waals surface area contributed by atoms with Gasteiger partial charge in [0.1, 0.15) is 0 Å². The number of aromatic nitrogens is 3. The molecule has 0 spiro atoms. The molecule has 0 aliphatic carbocycles. The van der Waals surface area contributed by atoms with E-state index in [1.165, 1.54) is 0 Å². The molecule has 80 valence electrons. The van der Waals surface area contributed by atoms with E-state index in [2.05, 4.69) is 22.3 Å². The van der Waals surface area contributed by atoms with Crippen LogP contribution in [0.25, 0.3) is 0 Å². The van der Waals surface area contributed by atoms with E-state index in [1.807, 2.05) is 13.8 Å². The molecule has 0 saturated carbocycles. The van der Waals surface area contributed by atoms with E-state index in [0.29, 0.717) is 17.9 Å². The van der Waals surface area contributed by atoms with Crippen molar-refractivity contribution in [1.82, 2.24) is 14.8 Å². The quantitative estimate of drug-likeness (QED) is 0.750. The van der Waals surface area contributed by atoms with Crippen molar-refractivity contribution in [1.29, 1.82) is 0 Å². The van der Waals surface area contributed by atoms with Crippen LogP contribution in [-0.2, 0) is 6.54 Å². The van der Waals surface area contributed by atoms with Crippen LogP contribution in [-0.4, -0.2) is 20.8 Å². The van der Waals surface area contributed by atoms with Crippen molar-refractivity contribution in [3.8, 4) is 0 Å². The van der Waals surface area contributed by atoms with Gasteiger partial charge in [-0.25, -0.2) is 4.68 Å². The third-order valence-electron chi connectivity index (χ3n) is 1.84. The van der Waals surface area contributed by atoms with Crippen LogP contribution in [0.2, 0.25) is 0 Å². The third kappa shape index (κ3) is 2.90. The maximum absolute atomic E-state index is 5.71. The predicted molar refractivity (Wildman–Crippen MR) is 58.1 cm³/mol. The molecule has 1 rings (SSSR count). The van der Waals surface area contributed by atoms with Crippen molar-refractivity contribution in [3.05, 3.63) is 0 Å². The summed E-state index contributed by atoms with van der Waals surface area (Å²) in [5.74, 6) is 1.11. The highest BCUT2D eigenvalue weighted by atomic mass is 15.4. The van der Waals surface area contributed by atoms with Crippen molar-refractivity contribution < 1.29 is 0 Å². The Bertz CT molecular complexity index is 279. The molecule has 5 nitrogen and oxygen atoms in total. The SMILES string of the molecule is CCCCn1nc(NC(C)C)nc1N. The minimum Gasteiger partial charge on any atom is -0.368 e. The van der Waals surface area contributed by atoms with Crippen LogP contribution in [0.15, 0.2) is 0 Å². The fraction of sp³-hybridized carbons (Fsp3) is 0.778. The largest absolute Gasteiger partial charge is 0.368 e. The highest BCUT2D eigenvalue weighted by Gasteiger charge is 2.06. The van der Waals surface area contributed by atoms with Crippen molar-refractivity contribution in [2.45, 2.75) is 46.2 Å². The molecule has 0 saturated heterocycles. The maximum atomic E-state index is 5.71. The van der Waals surface area contributed by atoms with Crippen LogP contribution < -0.4 is 11.1 Å². The van der Waals surface area contributed by atoms with Crippen molar-refractivity contribution in [3.63, 3.8) is 0 Å². The lowest BCUT2D eigenvalue weighted by molar-refractivity contribution is 0.578. The smallest absolute Gasteiger partial charge is 0.244 e. The first-order chi connectivity index (χ1) is 6.63. The van der Waals surface area contributed by atoms with E-state index in [4.69, 9.17) is 5.73 Å². The molecular weight excluding hydrogens is 178 g/mol. The van der Waals surface area contributed by atoms with Crippen molar-refractivity contribution >= 4 is 11.9 Å². The topological polar surface area (TPSA) is 68.8 Å². The number of nitrogen functional groups attached to an aromatic ring is 1. The monoisotopic (exact) mass is 197 g/mol. The molecule has 0 radical (unpaired) electrons. The van der Waals surface area contributed by atoms with Gasteiger partial charge >= 0.3 is 0 Å². The number of nitrogens with zero attached hydrogens (tertiary/aromatic N) is 3. The van der Waals surface area contributed by atoms with E-state index in [9.17, 15) is 0 Å². The molecule has 1 aromatic rings. The van der Waals surface area contributed by atoms with Crippen LogP contribution in [0.1, 0.15) is 33.6 Å². The van der Waals surface area contributed by atoms with Crippen molar-refractivity contribution in [2.24, 2.45) is 0 Å². The van der Waals surface area contributed by atoms with Gasteiger partial charge in [0, 0.05) is 12.6 Å². The van der Waals surface area contributed by atoms with Gasteiger partial charge in [-0.3, -0.25) is 0 Å². The van der Waals surface area contributed by atoms with Gasteiger partial charge < -0.3 is 11.1 Å². The number of nitrogens with two attached hydrogens (primary N) is 1. The summed E-state index contributed by atoms with van der Waals surface area (Å²) in [7, 11) is 0. The summed E-state index contributed by atoms with van der Waals surface area (Å²) >= 11 is 0. The molecule has 0 amide bonds. The summed E-state index contributed by atoms with van der Waals surface area (Å²) in [6.45, 7) is 7.07. The molecule has 5 heteroatoms. The molecule has 1 aromatic heterocycles. The Labute approximate surface area is 84.7 Å². The molecule has 0 atom stereocenters. The Balaban J connectivity index is 2.62. The molecule has 0 fully saturated rings. The average molecular weight is 197 g/mol. The van der Waals surface area contributed by atoms with Gasteiger partial charge in [0.15, 0.2) is 0 Å². The Hall–Kier alpha value is -1.26. The predicted octanol–water partition coefficient (Wildman–Crippen LogP) is 1.48. The fourth-order valence-electron chi connectivity index (χ4n) is 1.15. The zero-order valence-electron chi connectivity index (χ0n) is 9.12. The summed E-state index contributed by atoms with van der Waals surface area (Å²) in [6.07, 6.45) is 2.21. The molecule has 1 heterocycles. The van der Waals surface area contributed by atoms with Crippen LogP contribution in [0.3, 0.4) is 0 Å². The third-order valence-corrected chi connectivity index (χ3v) is 1.84. The van der Waals surface area contributed by atoms with E-state index in [-0.39, 0.29) is 0 Å². The number of nitrogens with one attached hydrogen (secondary N) is 1. The zero-order chi connectivity index (χ0) is 10.6. The number of unbranched alkanes of at least 4 members (excludes halogenated alkanes) is 1. The molecule has 0 aromatic carbocycles. The van der Waals surface area contributed by atoms with E-state index in [1.54, 1.807) is 4.68 Å². The van der Waals surface area contributed by atoms with Gasteiger partial charge in [0.25, 0.3) is 0 Å².